The van der Waals surface area contributed by atoms with Gasteiger partial charge < -0.3 is 24.1 Å². The lowest BCUT2D eigenvalue weighted by molar-refractivity contribution is -0.118. The second-order valence-electron chi connectivity index (χ2n) is 7.67. The molecule has 1 aliphatic rings. The van der Waals surface area contributed by atoms with E-state index in [9.17, 15) is 9.59 Å². The summed E-state index contributed by atoms with van der Waals surface area (Å²) in [4.78, 5) is 22.7. The van der Waals surface area contributed by atoms with E-state index in [1.807, 2.05) is 33.8 Å². The van der Waals surface area contributed by atoms with Crippen LogP contribution in [0.25, 0.3) is 6.08 Å². The zero-order valence-corrected chi connectivity index (χ0v) is 17.5. The maximum absolute atomic E-state index is 11.5. The largest absolute Gasteiger partial charge is 0.496 e. The normalized spacial score (nSPS) is 18.0. The first-order chi connectivity index (χ1) is 13.0. The summed E-state index contributed by atoms with van der Waals surface area (Å²) < 4.78 is 23.2. The molecule has 0 radical (unpaired) electrons. The number of hydrogen-bond acceptors (Lipinski definition) is 6. The SMILES string of the molecule is COc1cc(C=O)cc(OC)c1C=C(CNC(C)=O)B1OC(C)(C)C(C)(C)O1. The third-order valence-electron chi connectivity index (χ3n) is 5.13. The Balaban J connectivity index is 2.54. The van der Waals surface area contributed by atoms with Crippen LogP contribution in [0.3, 0.4) is 0 Å². The van der Waals surface area contributed by atoms with E-state index in [4.69, 9.17) is 18.8 Å². The molecule has 1 aromatic rings. The molecule has 1 heterocycles. The van der Waals surface area contributed by atoms with E-state index in [1.54, 1.807) is 12.1 Å². The highest BCUT2D eigenvalue weighted by Crippen LogP contribution is 2.40. The lowest BCUT2D eigenvalue weighted by atomic mass is 9.76. The van der Waals surface area contributed by atoms with Gasteiger partial charge in [-0.25, -0.2) is 0 Å². The third-order valence-corrected chi connectivity index (χ3v) is 5.13. The van der Waals surface area contributed by atoms with Gasteiger partial charge in [0, 0.05) is 19.0 Å². The van der Waals surface area contributed by atoms with Crippen LogP contribution in [0.15, 0.2) is 17.6 Å². The lowest BCUT2D eigenvalue weighted by Gasteiger charge is -2.32. The standard InChI is InChI=1S/C20H28BNO6/c1-13(24)22-11-15(21-27-19(2,3)20(4,5)28-21)10-16-17(25-6)8-14(12-23)9-18(16)26-7/h8-10,12H,11H2,1-7H3,(H,22,24). The highest BCUT2D eigenvalue weighted by molar-refractivity contribution is 6.56. The number of hydrogen-bond donors (Lipinski definition) is 1. The first-order valence-electron chi connectivity index (χ1n) is 9.06. The van der Waals surface area contributed by atoms with Crippen LogP contribution in [0, 0.1) is 0 Å². The summed E-state index contributed by atoms with van der Waals surface area (Å²) in [5, 5.41) is 2.79. The van der Waals surface area contributed by atoms with Crippen LogP contribution in [-0.4, -0.2) is 51.3 Å². The molecule has 1 fully saturated rings. The molecular formula is C20H28BNO6. The van der Waals surface area contributed by atoms with E-state index < -0.39 is 18.3 Å². The summed E-state index contributed by atoms with van der Waals surface area (Å²) >= 11 is 0. The smallest absolute Gasteiger partial charge is 0.492 e. The topological polar surface area (TPSA) is 83.1 Å². The number of benzene rings is 1. The number of carbonyl (C=O) groups is 2. The van der Waals surface area contributed by atoms with Crippen molar-refractivity contribution in [3.63, 3.8) is 0 Å². The molecule has 0 atom stereocenters. The maximum Gasteiger partial charge on any atom is 0.492 e. The molecule has 1 saturated heterocycles. The van der Waals surface area contributed by atoms with Crippen molar-refractivity contribution in [1.29, 1.82) is 0 Å². The van der Waals surface area contributed by atoms with Crippen LogP contribution in [0.4, 0.5) is 0 Å². The summed E-state index contributed by atoms with van der Waals surface area (Å²) in [6.07, 6.45) is 2.54. The van der Waals surface area contributed by atoms with Gasteiger partial charge in [-0.2, -0.15) is 0 Å². The van der Waals surface area contributed by atoms with E-state index >= 15 is 0 Å². The molecular weight excluding hydrogens is 361 g/mol. The number of nitrogens with one attached hydrogen (secondary N) is 1. The van der Waals surface area contributed by atoms with Gasteiger partial charge in [0.1, 0.15) is 17.8 Å². The minimum Gasteiger partial charge on any atom is -0.496 e. The molecule has 0 spiro atoms. The second-order valence-corrected chi connectivity index (χ2v) is 7.67. The van der Waals surface area contributed by atoms with Crippen LogP contribution in [0.5, 0.6) is 11.5 Å². The number of amides is 1. The molecule has 0 aliphatic carbocycles. The van der Waals surface area contributed by atoms with Crippen molar-refractivity contribution in [2.24, 2.45) is 0 Å². The van der Waals surface area contributed by atoms with Crippen LogP contribution < -0.4 is 14.8 Å². The van der Waals surface area contributed by atoms with Gasteiger partial charge in [0.2, 0.25) is 5.91 Å². The molecule has 2 rings (SSSR count). The summed E-state index contributed by atoms with van der Waals surface area (Å²) in [6.45, 7) is 9.52. The molecule has 28 heavy (non-hydrogen) atoms. The third kappa shape index (κ3) is 4.56. The van der Waals surface area contributed by atoms with Gasteiger partial charge in [0.25, 0.3) is 0 Å². The van der Waals surface area contributed by atoms with Crippen molar-refractivity contribution in [3.05, 3.63) is 28.7 Å². The number of ether oxygens (including phenoxy) is 2. The fourth-order valence-electron chi connectivity index (χ4n) is 2.78. The predicted molar refractivity (Wildman–Crippen MR) is 108 cm³/mol. The van der Waals surface area contributed by atoms with Gasteiger partial charge in [0.05, 0.1) is 31.0 Å². The quantitative estimate of drug-likeness (QED) is 0.570. The van der Waals surface area contributed by atoms with E-state index in [2.05, 4.69) is 5.32 Å². The predicted octanol–water partition coefficient (Wildman–Crippen LogP) is 2.67. The minimum atomic E-state index is -0.656. The average Bonchev–Trinajstić information content (AvgIpc) is 2.85. The fraction of sp³-hybridized carbons (Fsp3) is 0.500. The van der Waals surface area contributed by atoms with Gasteiger partial charge in [-0.3, -0.25) is 9.59 Å². The summed E-state index contributed by atoms with van der Waals surface area (Å²) in [7, 11) is 2.38. The maximum atomic E-state index is 11.5. The molecule has 7 nitrogen and oxygen atoms in total. The Kier molecular flexibility index (Phi) is 6.57. The first-order valence-corrected chi connectivity index (χ1v) is 9.06. The van der Waals surface area contributed by atoms with E-state index in [0.29, 0.717) is 28.1 Å². The number of carbonyl (C=O) groups excluding carboxylic acids is 2. The Labute approximate surface area is 166 Å². The zero-order chi connectivity index (χ0) is 21.1. The molecule has 0 aromatic heterocycles. The van der Waals surface area contributed by atoms with Crippen molar-refractivity contribution >= 4 is 25.4 Å². The Hall–Kier alpha value is -2.32. The minimum absolute atomic E-state index is 0.169. The van der Waals surface area contributed by atoms with Crippen LogP contribution in [0.1, 0.15) is 50.5 Å². The zero-order valence-electron chi connectivity index (χ0n) is 17.5. The monoisotopic (exact) mass is 389 g/mol. The molecule has 1 aromatic carbocycles. The Morgan fingerprint density at radius 1 is 1.11 bits per heavy atom. The van der Waals surface area contributed by atoms with E-state index in [1.165, 1.54) is 21.1 Å². The Morgan fingerprint density at radius 2 is 1.61 bits per heavy atom. The van der Waals surface area contributed by atoms with Gasteiger partial charge in [-0.1, -0.05) is 0 Å². The molecule has 152 valence electrons. The summed E-state index contributed by atoms with van der Waals surface area (Å²) in [6, 6.07) is 3.25. The van der Waals surface area contributed by atoms with Crippen molar-refractivity contribution in [3.8, 4) is 11.5 Å². The van der Waals surface area contributed by atoms with Crippen molar-refractivity contribution in [2.75, 3.05) is 20.8 Å². The number of methoxy groups -OCH3 is 2. The van der Waals surface area contributed by atoms with Gasteiger partial charge in [-0.05, 0) is 51.4 Å². The summed E-state index contributed by atoms with van der Waals surface area (Å²) in [5.74, 6) is 0.772. The highest BCUT2D eigenvalue weighted by atomic mass is 16.7. The number of rotatable bonds is 7. The molecule has 1 N–H and O–H groups in total. The molecule has 1 aliphatic heterocycles. The van der Waals surface area contributed by atoms with Crippen LogP contribution >= 0.6 is 0 Å². The molecule has 0 bridgehead atoms. The van der Waals surface area contributed by atoms with Crippen LogP contribution in [-0.2, 0) is 14.1 Å². The molecule has 1 amide bonds. The van der Waals surface area contributed by atoms with Gasteiger partial charge >= 0.3 is 7.12 Å². The van der Waals surface area contributed by atoms with Crippen molar-refractivity contribution in [1.82, 2.24) is 5.32 Å². The van der Waals surface area contributed by atoms with E-state index in [0.717, 1.165) is 6.29 Å². The molecule has 0 saturated carbocycles. The average molecular weight is 389 g/mol. The van der Waals surface area contributed by atoms with Crippen LogP contribution in [0.2, 0.25) is 0 Å². The Morgan fingerprint density at radius 3 is 2.00 bits per heavy atom. The first kappa shape index (κ1) is 22.0. The van der Waals surface area contributed by atoms with Crippen molar-refractivity contribution < 1.29 is 28.4 Å². The van der Waals surface area contributed by atoms with Crippen molar-refractivity contribution in [2.45, 2.75) is 45.8 Å². The molecule has 8 heteroatoms. The van der Waals surface area contributed by atoms with Gasteiger partial charge in [0.15, 0.2) is 0 Å². The van der Waals surface area contributed by atoms with E-state index in [-0.39, 0.29) is 12.5 Å². The Bertz CT molecular complexity index is 746. The fourth-order valence-corrected chi connectivity index (χ4v) is 2.78. The lowest BCUT2D eigenvalue weighted by Crippen LogP contribution is -2.41. The molecule has 0 unspecified atom stereocenters. The van der Waals surface area contributed by atoms with Gasteiger partial charge in [-0.15, -0.1) is 0 Å². The highest BCUT2D eigenvalue weighted by Gasteiger charge is 2.52. The number of aldehydes is 1. The summed E-state index contributed by atoms with van der Waals surface area (Å²) in [5.41, 5.74) is 0.713. The second kappa shape index (κ2) is 8.37.